The van der Waals surface area contributed by atoms with E-state index >= 15 is 0 Å². The van der Waals surface area contributed by atoms with Crippen molar-refractivity contribution in [2.45, 2.75) is 6.10 Å². The van der Waals surface area contributed by atoms with E-state index in [4.69, 9.17) is 10.5 Å². The summed E-state index contributed by atoms with van der Waals surface area (Å²) in [6.45, 7) is 2.93. The fraction of sp³-hybridized carbons (Fsp3) is 0.667. The van der Waals surface area contributed by atoms with Gasteiger partial charge in [-0.25, -0.2) is 4.98 Å². The van der Waals surface area contributed by atoms with E-state index in [1.807, 2.05) is 26.0 Å². The molecule has 2 heterocycles. The molecule has 1 aromatic heterocycles. The van der Waals surface area contributed by atoms with Crippen molar-refractivity contribution < 1.29 is 9.53 Å². The van der Waals surface area contributed by atoms with Crippen molar-refractivity contribution in [2.75, 3.05) is 58.0 Å². The molecule has 1 aliphatic rings. The number of hydrogen-bond donors (Lipinski definition) is 2. The van der Waals surface area contributed by atoms with Gasteiger partial charge in [0.15, 0.2) is 5.13 Å². The molecule has 20 heavy (non-hydrogen) atoms. The number of hydrogen-bond acceptors (Lipinski definition) is 7. The van der Waals surface area contributed by atoms with Crippen LogP contribution in [0.2, 0.25) is 0 Å². The molecule has 1 atom stereocenters. The van der Waals surface area contributed by atoms with Crippen LogP contribution in [0, 0.1) is 0 Å². The molecule has 1 saturated heterocycles. The molecule has 1 fully saturated rings. The van der Waals surface area contributed by atoms with E-state index in [0.29, 0.717) is 18.0 Å². The Hall–Kier alpha value is -1.38. The van der Waals surface area contributed by atoms with Crippen LogP contribution in [0.3, 0.4) is 0 Å². The van der Waals surface area contributed by atoms with Crippen LogP contribution in [0.5, 0.6) is 0 Å². The standard InChI is InChI=1S/C12H21N5O2S/c1-16(2)12-15-10(13)9(20-12)11(18)14-6-8-7-17(3)4-5-19-8/h8H,4-7,13H2,1-3H3,(H,14,18). The van der Waals surface area contributed by atoms with Gasteiger partial charge in [-0.05, 0) is 7.05 Å². The molecule has 0 aromatic carbocycles. The second-order valence-electron chi connectivity index (χ2n) is 5.07. The lowest BCUT2D eigenvalue weighted by Crippen LogP contribution is -2.45. The summed E-state index contributed by atoms with van der Waals surface area (Å²) in [6.07, 6.45) is 0.0279. The summed E-state index contributed by atoms with van der Waals surface area (Å²) in [6, 6.07) is 0. The van der Waals surface area contributed by atoms with Crippen LogP contribution < -0.4 is 16.0 Å². The molecule has 112 valence electrons. The van der Waals surface area contributed by atoms with E-state index in [9.17, 15) is 4.79 Å². The van der Waals surface area contributed by atoms with Crippen molar-refractivity contribution in [2.24, 2.45) is 0 Å². The van der Waals surface area contributed by atoms with Crippen molar-refractivity contribution in [1.29, 1.82) is 0 Å². The second kappa shape index (κ2) is 6.38. The monoisotopic (exact) mass is 299 g/mol. The Balaban J connectivity index is 1.91. The third-order valence-electron chi connectivity index (χ3n) is 3.06. The van der Waals surface area contributed by atoms with Crippen molar-refractivity contribution >= 4 is 28.2 Å². The molecule has 0 aliphatic carbocycles. The van der Waals surface area contributed by atoms with Gasteiger partial charge in [-0.3, -0.25) is 4.79 Å². The average molecular weight is 299 g/mol. The molecule has 1 aliphatic heterocycles. The molecule has 1 aromatic rings. The summed E-state index contributed by atoms with van der Waals surface area (Å²) >= 11 is 1.29. The van der Waals surface area contributed by atoms with Crippen LogP contribution >= 0.6 is 11.3 Å². The summed E-state index contributed by atoms with van der Waals surface area (Å²) in [5.41, 5.74) is 5.78. The van der Waals surface area contributed by atoms with E-state index in [-0.39, 0.29) is 17.8 Å². The van der Waals surface area contributed by atoms with Crippen molar-refractivity contribution in [3.05, 3.63) is 4.88 Å². The Morgan fingerprint density at radius 2 is 2.40 bits per heavy atom. The molecule has 3 N–H and O–H groups in total. The van der Waals surface area contributed by atoms with Crippen LogP contribution in [0.1, 0.15) is 9.67 Å². The topological polar surface area (TPSA) is 83.7 Å². The highest BCUT2D eigenvalue weighted by Crippen LogP contribution is 2.26. The number of nitrogen functional groups attached to an aromatic ring is 1. The van der Waals surface area contributed by atoms with Gasteiger partial charge in [-0.2, -0.15) is 0 Å². The van der Waals surface area contributed by atoms with Crippen LogP contribution in [-0.2, 0) is 4.74 Å². The lowest BCUT2D eigenvalue weighted by molar-refractivity contribution is -0.0174. The highest BCUT2D eigenvalue weighted by Gasteiger charge is 2.21. The number of rotatable bonds is 4. The quantitative estimate of drug-likeness (QED) is 0.804. The second-order valence-corrected chi connectivity index (χ2v) is 6.05. The lowest BCUT2D eigenvalue weighted by atomic mass is 10.3. The number of nitrogens with zero attached hydrogens (tertiary/aromatic N) is 3. The molecule has 8 heteroatoms. The van der Waals surface area contributed by atoms with Gasteiger partial charge < -0.3 is 25.6 Å². The predicted octanol–water partition coefficient (Wildman–Crippen LogP) is -0.148. The number of carbonyl (C=O) groups is 1. The highest BCUT2D eigenvalue weighted by atomic mass is 32.1. The fourth-order valence-electron chi connectivity index (χ4n) is 1.95. The number of likely N-dealkylation sites (N-methyl/N-ethyl adjacent to an activating group) is 1. The number of thiazole rings is 1. The number of nitrogens with two attached hydrogens (primary N) is 1. The van der Waals surface area contributed by atoms with E-state index in [2.05, 4.69) is 15.2 Å². The van der Waals surface area contributed by atoms with Crippen LogP contribution in [0.15, 0.2) is 0 Å². The zero-order valence-electron chi connectivity index (χ0n) is 12.0. The third kappa shape index (κ3) is 3.59. The van der Waals surface area contributed by atoms with Crippen LogP contribution in [-0.4, -0.2) is 69.3 Å². The number of aromatic nitrogens is 1. The summed E-state index contributed by atoms with van der Waals surface area (Å²) < 4.78 is 5.60. The molecule has 0 saturated carbocycles. The fourth-order valence-corrected chi connectivity index (χ4v) is 2.78. The van der Waals surface area contributed by atoms with E-state index < -0.39 is 0 Å². The molecule has 0 bridgehead atoms. The Morgan fingerprint density at radius 3 is 3.00 bits per heavy atom. The van der Waals surface area contributed by atoms with E-state index in [1.54, 1.807) is 0 Å². The number of morpholine rings is 1. The molecular formula is C12H21N5O2S. The van der Waals surface area contributed by atoms with Crippen LogP contribution in [0.4, 0.5) is 10.9 Å². The summed E-state index contributed by atoms with van der Waals surface area (Å²) in [7, 11) is 5.78. The van der Waals surface area contributed by atoms with Gasteiger partial charge in [0.2, 0.25) is 0 Å². The van der Waals surface area contributed by atoms with Crippen molar-refractivity contribution in [3.63, 3.8) is 0 Å². The minimum atomic E-state index is -0.190. The minimum Gasteiger partial charge on any atom is -0.382 e. The largest absolute Gasteiger partial charge is 0.382 e. The summed E-state index contributed by atoms with van der Waals surface area (Å²) in [5.74, 6) is 0.0859. The zero-order valence-corrected chi connectivity index (χ0v) is 12.9. The Labute approximate surface area is 122 Å². The van der Waals surface area contributed by atoms with Gasteiger partial charge in [0.1, 0.15) is 10.7 Å². The molecule has 2 rings (SSSR count). The Bertz CT molecular complexity index is 476. The van der Waals surface area contributed by atoms with Gasteiger partial charge in [0, 0.05) is 33.7 Å². The van der Waals surface area contributed by atoms with Gasteiger partial charge in [0.05, 0.1) is 12.7 Å². The number of anilines is 2. The molecule has 0 radical (unpaired) electrons. The molecule has 0 spiro atoms. The smallest absolute Gasteiger partial charge is 0.265 e. The van der Waals surface area contributed by atoms with E-state index in [1.165, 1.54) is 11.3 Å². The van der Waals surface area contributed by atoms with E-state index in [0.717, 1.165) is 18.2 Å². The first-order chi connectivity index (χ1) is 9.47. The lowest BCUT2D eigenvalue weighted by Gasteiger charge is -2.30. The van der Waals surface area contributed by atoms with Crippen molar-refractivity contribution in [1.82, 2.24) is 15.2 Å². The third-order valence-corrected chi connectivity index (χ3v) is 4.30. The van der Waals surface area contributed by atoms with Crippen LogP contribution in [0.25, 0.3) is 0 Å². The molecule has 1 unspecified atom stereocenters. The number of nitrogens with one attached hydrogen (secondary N) is 1. The highest BCUT2D eigenvalue weighted by molar-refractivity contribution is 7.18. The number of amides is 1. The first-order valence-electron chi connectivity index (χ1n) is 6.49. The maximum Gasteiger partial charge on any atom is 0.265 e. The first-order valence-corrected chi connectivity index (χ1v) is 7.31. The van der Waals surface area contributed by atoms with Gasteiger partial charge in [0.25, 0.3) is 5.91 Å². The Morgan fingerprint density at radius 1 is 1.65 bits per heavy atom. The molecule has 1 amide bonds. The summed E-state index contributed by atoms with van der Waals surface area (Å²) in [4.78, 5) is 20.7. The summed E-state index contributed by atoms with van der Waals surface area (Å²) in [5, 5.41) is 3.59. The minimum absolute atomic E-state index is 0.0279. The van der Waals surface area contributed by atoms with Gasteiger partial charge >= 0.3 is 0 Å². The maximum atomic E-state index is 12.1. The Kier molecular flexibility index (Phi) is 4.79. The average Bonchev–Trinajstić information content (AvgIpc) is 2.78. The number of ether oxygens (including phenoxy) is 1. The number of carbonyl (C=O) groups excluding carboxylic acids is 1. The predicted molar refractivity (Wildman–Crippen MR) is 80.4 cm³/mol. The van der Waals surface area contributed by atoms with Gasteiger partial charge in [-0.1, -0.05) is 11.3 Å². The van der Waals surface area contributed by atoms with Crippen molar-refractivity contribution in [3.8, 4) is 0 Å². The molecular weight excluding hydrogens is 278 g/mol. The first kappa shape index (κ1) is 15.0. The maximum absolute atomic E-state index is 12.1. The zero-order chi connectivity index (χ0) is 14.7. The normalized spacial score (nSPS) is 19.9. The SMILES string of the molecule is CN1CCOC(CNC(=O)c2sc(N(C)C)nc2N)C1. The molecule has 7 nitrogen and oxygen atoms in total. The van der Waals surface area contributed by atoms with Gasteiger partial charge in [-0.15, -0.1) is 0 Å².